The number of aliphatic hydroxyl groups is 1. The summed E-state index contributed by atoms with van der Waals surface area (Å²) in [5, 5.41) is 9.78. The zero-order valence-corrected chi connectivity index (χ0v) is 11.1. The van der Waals surface area contributed by atoms with Crippen LogP contribution in [0.3, 0.4) is 0 Å². The van der Waals surface area contributed by atoms with Crippen molar-refractivity contribution in [3.63, 3.8) is 0 Å². The summed E-state index contributed by atoms with van der Waals surface area (Å²) in [4.78, 5) is 13.3. The van der Waals surface area contributed by atoms with Crippen LogP contribution in [-0.2, 0) is 6.54 Å². The van der Waals surface area contributed by atoms with E-state index >= 15 is 0 Å². The number of rotatable bonds is 6. The van der Waals surface area contributed by atoms with Gasteiger partial charge in [0.25, 0.3) is 0 Å². The number of nitrogen functional groups attached to an aromatic ring is 1. The third kappa shape index (κ3) is 4.48. The molecular weight excluding hydrogens is 234 g/mol. The molecule has 0 radical (unpaired) electrons. The van der Waals surface area contributed by atoms with Crippen molar-refractivity contribution in [2.45, 2.75) is 32.9 Å². The second-order valence-corrected chi connectivity index (χ2v) is 4.86. The summed E-state index contributed by atoms with van der Waals surface area (Å²) < 4.78 is 5.37. The number of amides is 1. The van der Waals surface area contributed by atoms with Gasteiger partial charge in [-0.15, -0.1) is 0 Å². The zero-order chi connectivity index (χ0) is 13.8. The Kier molecular flexibility index (Phi) is 4.89. The van der Waals surface area contributed by atoms with Gasteiger partial charge in [0.15, 0.2) is 5.76 Å². The summed E-state index contributed by atoms with van der Waals surface area (Å²) in [6, 6.07) is 3.31. The monoisotopic (exact) mass is 255 g/mol. The number of likely N-dealkylation sites (N-methyl/N-ethyl adjacent to an activating group) is 1. The molecule has 0 fully saturated rings. The van der Waals surface area contributed by atoms with Crippen LogP contribution in [0.5, 0.6) is 0 Å². The number of nitrogens with zero attached hydrogens (tertiary/aromatic N) is 1. The van der Waals surface area contributed by atoms with Crippen LogP contribution in [0.25, 0.3) is 0 Å². The fraction of sp³-hybridized carbons (Fsp3) is 0.583. The second kappa shape index (κ2) is 5.99. The molecule has 0 spiro atoms. The number of hydrogen-bond donors (Lipinski definition) is 3. The minimum atomic E-state index is -0.764. The van der Waals surface area contributed by atoms with Crippen LogP contribution in [0.4, 0.5) is 0 Å². The van der Waals surface area contributed by atoms with E-state index in [1.165, 1.54) is 0 Å². The van der Waals surface area contributed by atoms with Gasteiger partial charge in [0.2, 0.25) is 0 Å². The Labute approximate surface area is 107 Å². The van der Waals surface area contributed by atoms with Crippen molar-refractivity contribution in [2.75, 3.05) is 13.1 Å². The van der Waals surface area contributed by atoms with Gasteiger partial charge in [0.05, 0.1) is 12.1 Å². The predicted octanol–water partition coefficient (Wildman–Crippen LogP) is 0.476. The van der Waals surface area contributed by atoms with Crippen molar-refractivity contribution >= 4 is 5.91 Å². The maximum Gasteiger partial charge on any atom is 0.300 e. The quantitative estimate of drug-likeness (QED) is 0.390. The van der Waals surface area contributed by atoms with E-state index in [2.05, 4.69) is 0 Å². The number of carbonyl (C=O) groups excluding carboxylic acids is 1. The van der Waals surface area contributed by atoms with Gasteiger partial charge in [-0.3, -0.25) is 15.1 Å². The summed E-state index contributed by atoms with van der Waals surface area (Å²) in [7, 11) is 0. The molecule has 0 atom stereocenters. The van der Waals surface area contributed by atoms with Crippen molar-refractivity contribution in [3.05, 3.63) is 23.7 Å². The number of carbonyl (C=O) groups is 1. The van der Waals surface area contributed by atoms with Crippen molar-refractivity contribution in [2.24, 2.45) is 5.84 Å². The van der Waals surface area contributed by atoms with Crippen molar-refractivity contribution < 1.29 is 14.3 Å². The van der Waals surface area contributed by atoms with Crippen molar-refractivity contribution in [1.29, 1.82) is 0 Å². The minimum absolute atomic E-state index is 0.187. The van der Waals surface area contributed by atoms with E-state index in [1.807, 2.05) is 17.2 Å². The Morgan fingerprint density at radius 1 is 1.56 bits per heavy atom. The lowest BCUT2D eigenvalue weighted by Crippen LogP contribution is -2.38. The Bertz CT molecular complexity index is 396. The van der Waals surface area contributed by atoms with E-state index in [0.29, 0.717) is 18.8 Å². The first kappa shape index (κ1) is 14.7. The van der Waals surface area contributed by atoms with E-state index in [4.69, 9.17) is 10.3 Å². The van der Waals surface area contributed by atoms with Crippen LogP contribution < -0.4 is 11.3 Å². The first-order valence-electron chi connectivity index (χ1n) is 5.90. The SMILES string of the molecule is CCN(Cc1ccc(C(=O)NN)o1)CC(C)(C)O. The van der Waals surface area contributed by atoms with Gasteiger partial charge in [-0.25, -0.2) is 5.84 Å². The van der Waals surface area contributed by atoms with Crippen LogP contribution in [0.1, 0.15) is 37.1 Å². The minimum Gasteiger partial charge on any atom is -0.455 e. The highest BCUT2D eigenvalue weighted by Gasteiger charge is 2.19. The highest BCUT2D eigenvalue weighted by molar-refractivity contribution is 5.90. The molecule has 4 N–H and O–H groups in total. The van der Waals surface area contributed by atoms with Gasteiger partial charge in [-0.05, 0) is 32.5 Å². The maximum absolute atomic E-state index is 11.2. The summed E-state index contributed by atoms with van der Waals surface area (Å²) in [6.45, 7) is 7.36. The number of nitrogens with one attached hydrogen (secondary N) is 1. The molecule has 1 aromatic heterocycles. The molecule has 6 heteroatoms. The Balaban J connectivity index is 2.65. The highest BCUT2D eigenvalue weighted by Crippen LogP contribution is 2.13. The lowest BCUT2D eigenvalue weighted by atomic mass is 10.1. The van der Waals surface area contributed by atoms with Crippen molar-refractivity contribution in [3.8, 4) is 0 Å². The summed E-state index contributed by atoms with van der Waals surface area (Å²) in [6.07, 6.45) is 0. The van der Waals surface area contributed by atoms with Gasteiger partial charge in [0.1, 0.15) is 5.76 Å². The van der Waals surface area contributed by atoms with Gasteiger partial charge in [0, 0.05) is 6.54 Å². The Hall–Kier alpha value is -1.37. The molecule has 102 valence electrons. The third-order valence-electron chi connectivity index (χ3n) is 2.45. The van der Waals surface area contributed by atoms with Crippen LogP contribution in [-0.4, -0.2) is 34.6 Å². The average Bonchev–Trinajstić information content (AvgIpc) is 2.73. The fourth-order valence-electron chi connectivity index (χ4n) is 1.70. The van der Waals surface area contributed by atoms with Crippen LogP contribution in [0, 0.1) is 0 Å². The topological polar surface area (TPSA) is 91.7 Å². The highest BCUT2D eigenvalue weighted by atomic mass is 16.4. The van der Waals surface area contributed by atoms with Crippen LogP contribution >= 0.6 is 0 Å². The molecule has 1 amide bonds. The smallest absolute Gasteiger partial charge is 0.300 e. The molecule has 0 aromatic carbocycles. The lowest BCUT2D eigenvalue weighted by molar-refractivity contribution is 0.0332. The van der Waals surface area contributed by atoms with Gasteiger partial charge < -0.3 is 9.52 Å². The number of hydrazine groups is 1. The second-order valence-electron chi connectivity index (χ2n) is 4.86. The molecule has 0 aliphatic heterocycles. The third-order valence-corrected chi connectivity index (χ3v) is 2.45. The van der Waals surface area contributed by atoms with E-state index in [9.17, 15) is 9.90 Å². The van der Waals surface area contributed by atoms with Gasteiger partial charge in [-0.1, -0.05) is 6.92 Å². The first-order valence-corrected chi connectivity index (χ1v) is 5.90. The molecule has 0 aliphatic rings. The van der Waals surface area contributed by atoms with E-state index in [-0.39, 0.29) is 5.76 Å². The first-order chi connectivity index (χ1) is 8.35. The van der Waals surface area contributed by atoms with Gasteiger partial charge in [-0.2, -0.15) is 0 Å². The van der Waals surface area contributed by atoms with E-state index in [1.54, 1.807) is 26.0 Å². The van der Waals surface area contributed by atoms with E-state index in [0.717, 1.165) is 6.54 Å². The standard InChI is InChI=1S/C12H21N3O3/c1-4-15(8-12(2,3)17)7-9-5-6-10(18-9)11(16)14-13/h5-6,17H,4,7-8,13H2,1-3H3,(H,14,16). The molecule has 1 heterocycles. The molecule has 6 nitrogen and oxygen atoms in total. The van der Waals surface area contributed by atoms with Crippen molar-refractivity contribution in [1.82, 2.24) is 10.3 Å². The molecule has 0 saturated carbocycles. The molecule has 0 saturated heterocycles. The van der Waals surface area contributed by atoms with E-state index < -0.39 is 11.5 Å². The largest absolute Gasteiger partial charge is 0.455 e. The van der Waals surface area contributed by atoms with Gasteiger partial charge >= 0.3 is 5.91 Å². The predicted molar refractivity (Wildman–Crippen MR) is 67.6 cm³/mol. The maximum atomic E-state index is 11.2. The molecule has 1 aromatic rings. The van der Waals surface area contributed by atoms with Crippen LogP contribution in [0.15, 0.2) is 16.5 Å². The number of hydrogen-bond acceptors (Lipinski definition) is 5. The molecule has 0 bridgehead atoms. The fourth-order valence-corrected chi connectivity index (χ4v) is 1.70. The normalized spacial score (nSPS) is 11.9. The zero-order valence-electron chi connectivity index (χ0n) is 11.1. The lowest BCUT2D eigenvalue weighted by Gasteiger charge is -2.27. The summed E-state index contributed by atoms with van der Waals surface area (Å²) in [5.74, 6) is 5.42. The van der Waals surface area contributed by atoms with Crippen LogP contribution in [0.2, 0.25) is 0 Å². The number of furan rings is 1. The molecule has 0 aliphatic carbocycles. The molecular formula is C12H21N3O3. The summed E-state index contributed by atoms with van der Waals surface area (Å²) in [5.41, 5.74) is 1.25. The Morgan fingerprint density at radius 3 is 2.72 bits per heavy atom. The molecule has 1 rings (SSSR count). The number of nitrogens with two attached hydrogens (primary N) is 1. The molecule has 0 unspecified atom stereocenters. The Morgan fingerprint density at radius 2 is 2.22 bits per heavy atom. The summed E-state index contributed by atoms with van der Waals surface area (Å²) >= 11 is 0. The molecule has 18 heavy (non-hydrogen) atoms. The average molecular weight is 255 g/mol.